The van der Waals surface area contributed by atoms with Gasteiger partial charge in [0.2, 0.25) is 0 Å². The maximum Gasteiger partial charge on any atom is 0.412 e. The number of carbonyl (C=O) groups excluding carboxylic acids is 1. The van der Waals surface area contributed by atoms with Crippen LogP contribution in [-0.2, 0) is 4.74 Å². The zero-order valence-electron chi connectivity index (χ0n) is 16.7. The van der Waals surface area contributed by atoms with Gasteiger partial charge in [-0.15, -0.1) is 0 Å². The number of nitrogens with one attached hydrogen (secondary N) is 1. The molecule has 0 atom stereocenters. The zero-order valence-corrected chi connectivity index (χ0v) is 16.7. The molecule has 0 radical (unpaired) electrons. The van der Waals surface area contributed by atoms with Crippen molar-refractivity contribution in [1.29, 1.82) is 0 Å². The van der Waals surface area contributed by atoms with Gasteiger partial charge in [-0.05, 0) is 59.0 Å². The van der Waals surface area contributed by atoms with Crippen molar-refractivity contribution >= 4 is 23.2 Å². The smallest absolute Gasteiger partial charge is 0.412 e. The predicted molar refractivity (Wildman–Crippen MR) is 106 cm³/mol. The Morgan fingerprint density at radius 1 is 1.24 bits per heavy atom. The molecular weight excluding hydrogens is 316 g/mol. The maximum absolute atomic E-state index is 12.0. The van der Waals surface area contributed by atoms with Gasteiger partial charge in [-0.2, -0.15) is 0 Å². The van der Waals surface area contributed by atoms with Crippen LogP contribution in [0, 0.1) is 5.92 Å². The van der Waals surface area contributed by atoms with E-state index in [9.17, 15) is 4.79 Å². The third kappa shape index (κ3) is 8.12. The first-order chi connectivity index (χ1) is 11.5. The Balaban J connectivity index is 2.97. The molecule has 1 rings (SSSR count). The third-order valence-electron chi connectivity index (χ3n) is 3.42. The molecule has 0 aromatic heterocycles. The summed E-state index contributed by atoms with van der Waals surface area (Å²) in [4.78, 5) is 16.4. The number of hydrogen-bond acceptors (Lipinski definition) is 5. The molecule has 6 nitrogen and oxygen atoms in total. The molecule has 6 heteroatoms. The number of hydrogen-bond donors (Lipinski definition) is 2. The van der Waals surface area contributed by atoms with E-state index in [1.807, 2.05) is 32.9 Å². The van der Waals surface area contributed by atoms with Crippen LogP contribution in [0.15, 0.2) is 18.2 Å². The van der Waals surface area contributed by atoms with Crippen molar-refractivity contribution in [2.45, 2.75) is 40.2 Å². The summed E-state index contributed by atoms with van der Waals surface area (Å²) in [5.74, 6) is 0.504. The second-order valence-corrected chi connectivity index (χ2v) is 8.04. The molecule has 25 heavy (non-hydrogen) atoms. The van der Waals surface area contributed by atoms with Gasteiger partial charge in [0.15, 0.2) is 0 Å². The summed E-state index contributed by atoms with van der Waals surface area (Å²) in [5, 5.41) is 2.79. The van der Waals surface area contributed by atoms with Gasteiger partial charge in [0.1, 0.15) is 5.60 Å². The molecule has 1 aromatic carbocycles. The second-order valence-electron chi connectivity index (χ2n) is 8.04. The molecule has 0 bridgehead atoms. The highest BCUT2D eigenvalue weighted by atomic mass is 16.6. The average Bonchev–Trinajstić information content (AvgIpc) is 2.43. The van der Waals surface area contributed by atoms with Gasteiger partial charge in [-0.25, -0.2) is 4.79 Å². The summed E-state index contributed by atoms with van der Waals surface area (Å²) in [6, 6.07) is 5.53. The SMILES string of the molecule is CC(C)CN(CCN(C)C)c1cc(NC(=O)OC(C)(C)C)ccc1N. The van der Waals surface area contributed by atoms with Crippen LogP contribution >= 0.6 is 0 Å². The van der Waals surface area contributed by atoms with Crippen LogP contribution in [0.1, 0.15) is 34.6 Å². The Kier molecular flexibility index (Phi) is 7.55. The average molecular weight is 351 g/mol. The zero-order chi connectivity index (χ0) is 19.2. The lowest BCUT2D eigenvalue weighted by Crippen LogP contribution is -2.35. The van der Waals surface area contributed by atoms with Crippen molar-refractivity contribution in [1.82, 2.24) is 4.90 Å². The molecule has 0 fully saturated rings. The van der Waals surface area contributed by atoms with E-state index >= 15 is 0 Å². The minimum Gasteiger partial charge on any atom is -0.444 e. The Hall–Kier alpha value is -1.95. The minimum atomic E-state index is -0.532. The van der Waals surface area contributed by atoms with Crippen molar-refractivity contribution in [3.05, 3.63) is 18.2 Å². The number of nitrogens with zero attached hydrogens (tertiary/aromatic N) is 2. The highest BCUT2D eigenvalue weighted by Crippen LogP contribution is 2.28. The molecule has 0 aliphatic heterocycles. The summed E-state index contributed by atoms with van der Waals surface area (Å²) in [6.07, 6.45) is -0.466. The number of carbonyl (C=O) groups is 1. The van der Waals surface area contributed by atoms with E-state index in [1.54, 1.807) is 6.07 Å². The number of anilines is 3. The molecule has 0 heterocycles. The summed E-state index contributed by atoms with van der Waals surface area (Å²) in [6.45, 7) is 12.6. The molecule has 3 N–H and O–H groups in total. The van der Waals surface area contributed by atoms with Gasteiger partial charge in [-0.3, -0.25) is 5.32 Å². The summed E-state index contributed by atoms with van der Waals surface area (Å²) in [5.41, 5.74) is 7.99. The van der Waals surface area contributed by atoms with Gasteiger partial charge in [0.25, 0.3) is 0 Å². The number of rotatable bonds is 7. The molecule has 142 valence electrons. The van der Waals surface area contributed by atoms with Crippen LogP contribution in [0.2, 0.25) is 0 Å². The number of ether oxygens (including phenoxy) is 1. The summed E-state index contributed by atoms with van der Waals surface area (Å²) < 4.78 is 5.31. The molecule has 1 aromatic rings. The topological polar surface area (TPSA) is 70.8 Å². The van der Waals surface area contributed by atoms with E-state index in [4.69, 9.17) is 10.5 Å². The van der Waals surface area contributed by atoms with E-state index in [0.29, 0.717) is 17.3 Å². The number of benzene rings is 1. The van der Waals surface area contributed by atoms with Crippen LogP contribution in [0.4, 0.5) is 21.9 Å². The Bertz CT molecular complexity index is 565. The summed E-state index contributed by atoms with van der Waals surface area (Å²) in [7, 11) is 4.11. The number of amides is 1. The molecule has 0 aliphatic carbocycles. The highest BCUT2D eigenvalue weighted by Gasteiger charge is 2.17. The van der Waals surface area contributed by atoms with Gasteiger partial charge in [0.05, 0.1) is 11.4 Å². The van der Waals surface area contributed by atoms with Crippen molar-refractivity contribution in [3.63, 3.8) is 0 Å². The monoisotopic (exact) mass is 350 g/mol. The van der Waals surface area contributed by atoms with E-state index in [0.717, 1.165) is 25.3 Å². The van der Waals surface area contributed by atoms with Gasteiger partial charge < -0.3 is 20.3 Å². The molecule has 0 spiro atoms. The molecule has 0 saturated heterocycles. The fourth-order valence-corrected chi connectivity index (χ4v) is 2.39. The van der Waals surface area contributed by atoms with Crippen molar-refractivity contribution in [2.24, 2.45) is 5.92 Å². The van der Waals surface area contributed by atoms with E-state index < -0.39 is 11.7 Å². The van der Waals surface area contributed by atoms with Crippen LogP contribution < -0.4 is 16.0 Å². The largest absolute Gasteiger partial charge is 0.444 e. The first-order valence-corrected chi connectivity index (χ1v) is 8.77. The van der Waals surface area contributed by atoms with E-state index in [-0.39, 0.29) is 0 Å². The number of nitrogen functional groups attached to an aromatic ring is 1. The molecular formula is C19H34N4O2. The summed E-state index contributed by atoms with van der Waals surface area (Å²) >= 11 is 0. The van der Waals surface area contributed by atoms with Gasteiger partial charge >= 0.3 is 6.09 Å². The lowest BCUT2D eigenvalue weighted by atomic mass is 10.1. The van der Waals surface area contributed by atoms with Gasteiger partial charge in [-0.1, -0.05) is 13.8 Å². The van der Waals surface area contributed by atoms with Crippen molar-refractivity contribution in [2.75, 3.05) is 49.7 Å². The van der Waals surface area contributed by atoms with E-state index in [1.165, 1.54) is 0 Å². The van der Waals surface area contributed by atoms with Crippen LogP contribution in [0.25, 0.3) is 0 Å². The number of nitrogens with two attached hydrogens (primary N) is 1. The van der Waals surface area contributed by atoms with Gasteiger partial charge in [0, 0.05) is 25.3 Å². The van der Waals surface area contributed by atoms with E-state index in [2.05, 4.69) is 43.1 Å². The van der Waals surface area contributed by atoms with Crippen molar-refractivity contribution in [3.8, 4) is 0 Å². The maximum atomic E-state index is 12.0. The Morgan fingerprint density at radius 3 is 2.40 bits per heavy atom. The fourth-order valence-electron chi connectivity index (χ4n) is 2.39. The predicted octanol–water partition coefficient (Wildman–Crippen LogP) is 3.64. The first kappa shape index (κ1) is 21.1. The third-order valence-corrected chi connectivity index (χ3v) is 3.42. The molecule has 0 aliphatic rings. The Labute approximate surface area is 152 Å². The van der Waals surface area contributed by atoms with Crippen LogP contribution in [-0.4, -0.2) is 50.3 Å². The lowest BCUT2D eigenvalue weighted by Gasteiger charge is -2.29. The highest BCUT2D eigenvalue weighted by molar-refractivity contribution is 5.87. The second kappa shape index (κ2) is 8.94. The van der Waals surface area contributed by atoms with Crippen LogP contribution in [0.5, 0.6) is 0 Å². The lowest BCUT2D eigenvalue weighted by molar-refractivity contribution is 0.0636. The minimum absolute atomic E-state index is 0.466. The Morgan fingerprint density at radius 2 is 1.88 bits per heavy atom. The normalized spacial score (nSPS) is 11.7. The fraction of sp³-hybridized carbons (Fsp3) is 0.632. The molecule has 1 amide bonds. The van der Waals surface area contributed by atoms with Crippen LogP contribution in [0.3, 0.4) is 0 Å². The number of likely N-dealkylation sites (N-methyl/N-ethyl adjacent to an activating group) is 1. The quantitative estimate of drug-likeness (QED) is 0.735. The first-order valence-electron chi connectivity index (χ1n) is 8.77. The standard InChI is InChI=1S/C19H34N4O2/c1-14(2)13-23(11-10-22(6)7)17-12-15(8-9-16(17)20)21-18(24)25-19(3,4)5/h8-9,12,14H,10-11,13,20H2,1-7H3,(H,21,24). The molecule has 0 saturated carbocycles. The van der Waals surface area contributed by atoms with Crippen molar-refractivity contribution < 1.29 is 9.53 Å². The molecule has 0 unspecified atom stereocenters.